The third kappa shape index (κ3) is 4.64. The quantitative estimate of drug-likeness (QED) is 0.575. The Morgan fingerprint density at radius 2 is 1.71 bits per heavy atom. The standard InChI is InChI=1S/C22H23ClN4O6S/c1-22(15-2-4-16(23)5-3-15)20(29)27(21(30)25-22)14-19(28)24-17-6-8-18(9-7-17)34(31,32)26-10-12-33-13-11-26/h2-9H,10-14H2,1H3,(H,24,28)(H,25,30). The Kier molecular flexibility index (Phi) is 6.63. The maximum atomic E-state index is 13.0. The fraction of sp³-hybridized carbons (Fsp3) is 0.318. The lowest BCUT2D eigenvalue weighted by Gasteiger charge is -2.26. The van der Waals surface area contributed by atoms with Crippen molar-refractivity contribution in [2.45, 2.75) is 17.4 Å². The number of urea groups is 1. The molecule has 2 saturated heterocycles. The minimum Gasteiger partial charge on any atom is -0.379 e. The average molecular weight is 507 g/mol. The maximum Gasteiger partial charge on any atom is 0.325 e. The van der Waals surface area contributed by atoms with Crippen LogP contribution in [0.2, 0.25) is 5.02 Å². The van der Waals surface area contributed by atoms with Gasteiger partial charge in [0, 0.05) is 23.8 Å². The molecule has 0 bridgehead atoms. The van der Waals surface area contributed by atoms with Gasteiger partial charge in [-0.2, -0.15) is 4.31 Å². The van der Waals surface area contributed by atoms with Gasteiger partial charge in [0.25, 0.3) is 5.91 Å². The van der Waals surface area contributed by atoms with Gasteiger partial charge >= 0.3 is 6.03 Å². The van der Waals surface area contributed by atoms with Crippen molar-refractivity contribution < 1.29 is 27.5 Å². The Labute approximate surface area is 201 Å². The molecule has 0 aromatic heterocycles. The fourth-order valence-electron chi connectivity index (χ4n) is 3.81. The topological polar surface area (TPSA) is 125 Å². The van der Waals surface area contributed by atoms with Crippen molar-refractivity contribution >= 4 is 45.2 Å². The van der Waals surface area contributed by atoms with Crippen molar-refractivity contribution in [1.82, 2.24) is 14.5 Å². The second-order valence-electron chi connectivity index (χ2n) is 8.04. The number of nitrogens with one attached hydrogen (secondary N) is 2. The highest BCUT2D eigenvalue weighted by Crippen LogP contribution is 2.29. The Hall–Kier alpha value is -2.99. The Bertz CT molecular complexity index is 1210. The molecule has 2 N–H and O–H groups in total. The molecule has 2 aliphatic rings. The zero-order valence-corrected chi connectivity index (χ0v) is 19.9. The molecule has 4 amide bonds. The number of ether oxygens (including phenoxy) is 1. The van der Waals surface area contributed by atoms with Crippen LogP contribution in [-0.2, 0) is 29.9 Å². The zero-order valence-electron chi connectivity index (χ0n) is 18.3. The number of hydrogen-bond donors (Lipinski definition) is 2. The highest BCUT2D eigenvalue weighted by atomic mass is 35.5. The normalized spacial score (nSPS) is 21.4. The highest BCUT2D eigenvalue weighted by Gasteiger charge is 2.49. The largest absolute Gasteiger partial charge is 0.379 e. The fourth-order valence-corrected chi connectivity index (χ4v) is 5.34. The van der Waals surface area contributed by atoms with Gasteiger partial charge in [-0.3, -0.25) is 14.5 Å². The summed E-state index contributed by atoms with van der Waals surface area (Å²) in [4.78, 5) is 38.9. The first kappa shape index (κ1) is 24.1. The van der Waals surface area contributed by atoms with Crippen LogP contribution in [0.1, 0.15) is 12.5 Å². The average Bonchev–Trinajstić information content (AvgIpc) is 3.04. The van der Waals surface area contributed by atoms with Gasteiger partial charge in [-0.25, -0.2) is 13.2 Å². The number of imide groups is 1. The molecule has 2 fully saturated rings. The summed E-state index contributed by atoms with van der Waals surface area (Å²) in [6, 6.07) is 11.5. The van der Waals surface area contributed by atoms with Gasteiger partial charge in [-0.1, -0.05) is 23.7 Å². The third-order valence-electron chi connectivity index (χ3n) is 5.74. The van der Waals surface area contributed by atoms with Gasteiger partial charge < -0.3 is 15.4 Å². The molecule has 2 aromatic rings. The SMILES string of the molecule is CC1(c2ccc(Cl)cc2)NC(=O)N(CC(=O)Nc2ccc(S(=O)(=O)N3CCOCC3)cc2)C1=O. The molecule has 2 aliphatic heterocycles. The third-order valence-corrected chi connectivity index (χ3v) is 7.91. The van der Waals surface area contributed by atoms with Crippen molar-refractivity contribution in [2.75, 3.05) is 38.2 Å². The first-order chi connectivity index (χ1) is 16.1. The summed E-state index contributed by atoms with van der Waals surface area (Å²) in [7, 11) is -3.66. The molecule has 1 atom stereocenters. The highest BCUT2D eigenvalue weighted by molar-refractivity contribution is 7.89. The number of carbonyl (C=O) groups is 3. The van der Waals surface area contributed by atoms with Crippen LogP contribution < -0.4 is 10.6 Å². The van der Waals surface area contributed by atoms with Crippen LogP contribution in [0.3, 0.4) is 0 Å². The van der Waals surface area contributed by atoms with Crippen LogP contribution in [0, 0.1) is 0 Å². The Balaban J connectivity index is 1.41. The van der Waals surface area contributed by atoms with Gasteiger partial charge in [0.2, 0.25) is 15.9 Å². The van der Waals surface area contributed by atoms with Crippen LogP contribution in [0.4, 0.5) is 10.5 Å². The number of rotatable bonds is 6. The van der Waals surface area contributed by atoms with Crippen molar-refractivity contribution in [1.29, 1.82) is 0 Å². The van der Waals surface area contributed by atoms with Gasteiger partial charge in [0.1, 0.15) is 12.1 Å². The summed E-state index contributed by atoms with van der Waals surface area (Å²) >= 11 is 5.90. The predicted molar refractivity (Wildman–Crippen MR) is 124 cm³/mol. The van der Waals surface area contributed by atoms with Crippen LogP contribution >= 0.6 is 11.6 Å². The maximum absolute atomic E-state index is 13.0. The first-order valence-corrected chi connectivity index (χ1v) is 12.3. The molecule has 2 aromatic carbocycles. The summed E-state index contributed by atoms with van der Waals surface area (Å²) in [6.07, 6.45) is 0. The molecule has 0 spiro atoms. The van der Waals surface area contributed by atoms with Crippen molar-refractivity contribution in [3.8, 4) is 0 Å². The van der Waals surface area contributed by atoms with Gasteiger partial charge in [0.05, 0.1) is 18.1 Å². The number of nitrogens with zero attached hydrogens (tertiary/aromatic N) is 2. The van der Waals surface area contributed by atoms with Crippen LogP contribution in [0.5, 0.6) is 0 Å². The number of hydrogen-bond acceptors (Lipinski definition) is 6. The number of anilines is 1. The molecular formula is C22H23ClN4O6S. The Morgan fingerprint density at radius 1 is 1.09 bits per heavy atom. The van der Waals surface area contributed by atoms with Crippen LogP contribution in [0.25, 0.3) is 0 Å². The number of carbonyl (C=O) groups excluding carboxylic acids is 3. The summed E-state index contributed by atoms with van der Waals surface area (Å²) in [6.45, 7) is 2.30. The molecular weight excluding hydrogens is 484 g/mol. The van der Waals surface area contributed by atoms with E-state index in [1.54, 1.807) is 31.2 Å². The lowest BCUT2D eigenvalue weighted by molar-refractivity contribution is -0.133. The van der Waals surface area contributed by atoms with Crippen molar-refractivity contribution in [3.63, 3.8) is 0 Å². The van der Waals surface area contributed by atoms with E-state index in [0.717, 1.165) is 4.90 Å². The molecule has 0 aliphatic carbocycles. The van der Waals surface area contributed by atoms with E-state index >= 15 is 0 Å². The van der Waals surface area contributed by atoms with E-state index in [2.05, 4.69) is 10.6 Å². The number of benzene rings is 2. The molecule has 4 rings (SSSR count). The zero-order chi connectivity index (χ0) is 24.5. The van der Waals surface area contributed by atoms with E-state index in [4.69, 9.17) is 16.3 Å². The van der Waals surface area contributed by atoms with Crippen LogP contribution in [-0.4, -0.2) is 68.3 Å². The van der Waals surface area contributed by atoms with E-state index in [1.165, 1.54) is 28.6 Å². The van der Waals surface area contributed by atoms with E-state index in [9.17, 15) is 22.8 Å². The summed E-state index contributed by atoms with van der Waals surface area (Å²) in [5, 5.41) is 5.70. The van der Waals surface area contributed by atoms with Gasteiger partial charge in [0.15, 0.2) is 0 Å². The van der Waals surface area contributed by atoms with Crippen LogP contribution in [0.15, 0.2) is 53.4 Å². The second-order valence-corrected chi connectivity index (χ2v) is 10.4. The molecule has 10 nitrogen and oxygen atoms in total. The number of amides is 4. The minimum absolute atomic E-state index is 0.0974. The summed E-state index contributed by atoms with van der Waals surface area (Å²) in [5.41, 5.74) is -0.453. The Morgan fingerprint density at radius 3 is 2.32 bits per heavy atom. The molecule has 34 heavy (non-hydrogen) atoms. The minimum atomic E-state index is -3.66. The van der Waals surface area contributed by atoms with E-state index in [-0.39, 0.29) is 18.0 Å². The van der Waals surface area contributed by atoms with E-state index in [1.807, 2.05) is 0 Å². The summed E-state index contributed by atoms with van der Waals surface area (Å²) in [5.74, 6) is -1.17. The molecule has 0 saturated carbocycles. The lowest BCUT2D eigenvalue weighted by atomic mass is 9.92. The number of halogens is 1. The predicted octanol–water partition coefficient (Wildman–Crippen LogP) is 1.77. The van der Waals surface area contributed by atoms with Gasteiger partial charge in [-0.15, -0.1) is 0 Å². The van der Waals surface area contributed by atoms with E-state index in [0.29, 0.717) is 29.5 Å². The smallest absolute Gasteiger partial charge is 0.325 e. The van der Waals surface area contributed by atoms with Gasteiger partial charge in [-0.05, 0) is 48.9 Å². The van der Waals surface area contributed by atoms with E-state index < -0.39 is 40.0 Å². The molecule has 180 valence electrons. The second kappa shape index (κ2) is 9.34. The molecule has 12 heteroatoms. The molecule has 1 unspecified atom stereocenters. The summed E-state index contributed by atoms with van der Waals surface area (Å²) < 4.78 is 32.0. The van der Waals surface area contributed by atoms with Crippen molar-refractivity contribution in [3.05, 3.63) is 59.1 Å². The molecule has 0 radical (unpaired) electrons. The van der Waals surface area contributed by atoms with Crippen molar-refractivity contribution in [2.24, 2.45) is 0 Å². The number of morpholine rings is 1. The lowest BCUT2D eigenvalue weighted by Crippen LogP contribution is -2.42. The number of sulfonamides is 1. The first-order valence-electron chi connectivity index (χ1n) is 10.5. The molecule has 2 heterocycles. The monoisotopic (exact) mass is 506 g/mol.